The van der Waals surface area contributed by atoms with Crippen molar-refractivity contribution in [2.45, 2.75) is 62.5 Å². The summed E-state index contributed by atoms with van der Waals surface area (Å²) < 4.78 is -0.173. The number of hydrogen-bond donors (Lipinski definition) is 1. The number of thioether (sulfide) groups is 1. The van der Waals surface area contributed by atoms with Crippen LogP contribution in [0.15, 0.2) is 4.99 Å². The molecule has 1 aliphatic heterocycles. The van der Waals surface area contributed by atoms with E-state index < -0.39 is 0 Å². The normalized spacial score (nSPS) is 38.5. The molecule has 5 aliphatic rings. The molecule has 1 spiro atoms. The van der Waals surface area contributed by atoms with Crippen molar-refractivity contribution in [1.29, 1.82) is 0 Å². The first-order chi connectivity index (χ1) is 9.75. The van der Waals surface area contributed by atoms with Crippen LogP contribution in [0, 0.1) is 17.8 Å². The lowest BCUT2D eigenvalue weighted by atomic mass is 9.65. The highest BCUT2D eigenvalue weighted by atomic mass is 32.2. The smallest absolute Gasteiger partial charge is 0.264 e. The van der Waals surface area contributed by atoms with Crippen molar-refractivity contribution in [1.82, 2.24) is 5.32 Å². The fourth-order valence-corrected chi connectivity index (χ4v) is 6.05. The maximum absolute atomic E-state index is 12.1. The standard InChI is InChI=1S/C16H24N2OS/c19-14-16(7-1-2-8-16)20-15(18-14)17-10-13-9-11-3-5-12(13)6-4-11/h11-13H,1-10H2,(H,17,18,19)/t11?,12?,13-/m1/s1. The molecule has 0 unspecified atom stereocenters. The van der Waals surface area contributed by atoms with Crippen molar-refractivity contribution in [2.75, 3.05) is 6.54 Å². The largest absolute Gasteiger partial charge is 0.364 e. The van der Waals surface area contributed by atoms with Gasteiger partial charge in [0, 0.05) is 6.54 Å². The number of amidine groups is 1. The van der Waals surface area contributed by atoms with E-state index in [2.05, 4.69) is 10.3 Å². The van der Waals surface area contributed by atoms with Gasteiger partial charge in [-0.25, -0.2) is 0 Å². The fourth-order valence-electron chi connectivity index (χ4n) is 4.77. The SMILES string of the molecule is O=C1N=C(NC[C@H]2CC3CCC2CC3)SC12CCCC2. The molecule has 3 nitrogen and oxygen atoms in total. The van der Waals surface area contributed by atoms with Gasteiger partial charge in [0.25, 0.3) is 5.91 Å². The first kappa shape index (κ1) is 13.2. The molecule has 4 saturated carbocycles. The van der Waals surface area contributed by atoms with Crippen LogP contribution in [-0.2, 0) is 4.79 Å². The van der Waals surface area contributed by atoms with Crippen LogP contribution in [0.25, 0.3) is 0 Å². The summed E-state index contributed by atoms with van der Waals surface area (Å²) in [6.07, 6.45) is 11.6. The van der Waals surface area contributed by atoms with E-state index in [9.17, 15) is 4.79 Å². The molecule has 0 aromatic rings. The third-order valence-electron chi connectivity index (χ3n) is 6.01. The summed E-state index contributed by atoms with van der Waals surface area (Å²) in [5.74, 6) is 2.86. The molecule has 0 radical (unpaired) electrons. The summed E-state index contributed by atoms with van der Waals surface area (Å²) in [6, 6.07) is 0. The first-order valence-electron chi connectivity index (χ1n) is 8.31. The minimum atomic E-state index is -0.173. The van der Waals surface area contributed by atoms with E-state index in [1.54, 1.807) is 11.8 Å². The Morgan fingerprint density at radius 3 is 2.60 bits per heavy atom. The minimum absolute atomic E-state index is 0.132. The highest BCUT2D eigenvalue weighted by molar-refractivity contribution is 8.16. The number of nitrogens with one attached hydrogen (secondary N) is 1. The highest BCUT2D eigenvalue weighted by Gasteiger charge is 2.47. The lowest BCUT2D eigenvalue weighted by Gasteiger charge is -2.42. The maximum Gasteiger partial charge on any atom is 0.264 e. The molecule has 4 fully saturated rings. The Bertz CT molecular complexity index is 434. The van der Waals surface area contributed by atoms with E-state index >= 15 is 0 Å². The number of fused-ring (bicyclic) bond motifs is 3. The minimum Gasteiger partial charge on any atom is -0.364 e. The second kappa shape index (κ2) is 5.04. The van der Waals surface area contributed by atoms with Crippen LogP contribution < -0.4 is 5.32 Å². The molecule has 4 heteroatoms. The Balaban J connectivity index is 1.34. The second-order valence-electron chi connectivity index (χ2n) is 7.18. The van der Waals surface area contributed by atoms with Crippen LogP contribution in [0.4, 0.5) is 0 Å². The van der Waals surface area contributed by atoms with Crippen LogP contribution in [0.5, 0.6) is 0 Å². The molecule has 1 amide bonds. The molecule has 1 N–H and O–H groups in total. The Hall–Kier alpha value is -0.510. The number of nitrogens with zero attached hydrogens (tertiary/aromatic N) is 1. The lowest BCUT2D eigenvalue weighted by molar-refractivity contribution is -0.119. The highest BCUT2D eigenvalue weighted by Crippen LogP contribution is 2.47. The molecule has 1 atom stereocenters. The van der Waals surface area contributed by atoms with Crippen molar-refractivity contribution in [3.63, 3.8) is 0 Å². The zero-order valence-electron chi connectivity index (χ0n) is 12.1. The van der Waals surface area contributed by atoms with Crippen molar-refractivity contribution in [3.05, 3.63) is 0 Å². The first-order valence-corrected chi connectivity index (χ1v) is 9.13. The molecule has 4 aliphatic carbocycles. The van der Waals surface area contributed by atoms with Crippen LogP contribution in [-0.4, -0.2) is 22.4 Å². The number of hydrogen-bond acceptors (Lipinski definition) is 3. The average Bonchev–Trinajstić information content (AvgIpc) is 3.07. The number of carbonyl (C=O) groups excluding carboxylic acids is 1. The van der Waals surface area contributed by atoms with E-state index in [0.29, 0.717) is 0 Å². The Morgan fingerprint density at radius 1 is 1.20 bits per heavy atom. The molecular weight excluding hydrogens is 268 g/mol. The number of aliphatic imine (C=N–C) groups is 1. The lowest BCUT2D eigenvalue weighted by Crippen LogP contribution is -2.38. The molecule has 20 heavy (non-hydrogen) atoms. The van der Waals surface area contributed by atoms with Gasteiger partial charge in [0.2, 0.25) is 0 Å². The van der Waals surface area contributed by atoms with Crippen LogP contribution in [0.1, 0.15) is 57.8 Å². The van der Waals surface area contributed by atoms with Crippen LogP contribution in [0.3, 0.4) is 0 Å². The van der Waals surface area contributed by atoms with Gasteiger partial charge in [-0.2, -0.15) is 4.99 Å². The zero-order valence-corrected chi connectivity index (χ0v) is 12.9. The summed E-state index contributed by atoms with van der Waals surface area (Å²) in [5, 5.41) is 4.43. The van der Waals surface area contributed by atoms with E-state index in [1.807, 2.05) is 0 Å². The summed E-state index contributed by atoms with van der Waals surface area (Å²) in [4.78, 5) is 16.4. The van der Waals surface area contributed by atoms with E-state index in [4.69, 9.17) is 0 Å². The molecule has 5 rings (SSSR count). The number of amides is 1. The van der Waals surface area contributed by atoms with E-state index in [-0.39, 0.29) is 10.7 Å². The summed E-state index contributed by atoms with van der Waals surface area (Å²) >= 11 is 1.73. The number of carbonyl (C=O) groups is 1. The Morgan fingerprint density at radius 2 is 1.95 bits per heavy atom. The van der Waals surface area contributed by atoms with Gasteiger partial charge in [0.15, 0.2) is 5.17 Å². The van der Waals surface area contributed by atoms with Crippen molar-refractivity contribution in [2.24, 2.45) is 22.7 Å². The summed E-state index contributed by atoms with van der Waals surface area (Å²) in [5.41, 5.74) is 0. The van der Waals surface area contributed by atoms with Crippen LogP contribution >= 0.6 is 11.8 Å². The maximum atomic E-state index is 12.1. The molecule has 0 aromatic carbocycles. The molecule has 110 valence electrons. The predicted octanol–water partition coefficient (Wildman–Crippen LogP) is 3.34. The van der Waals surface area contributed by atoms with Crippen LogP contribution in [0.2, 0.25) is 0 Å². The van der Waals surface area contributed by atoms with Crippen molar-refractivity contribution in [3.8, 4) is 0 Å². The quantitative estimate of drug-likeness (QED) is 0.848. The number of rotatable bonds is 2. The van der Waals surface area contributed by atoms with Gasteiger partial charge in [-0.05, 0) is 49.9 Å². The summed E-state index contributed by atoms with van der Waals surface area (Å²) in [6.45, 7) is 1.04. The summed E-state index contributed by atoms with van der Waals surface area (Å²) in [7, 11) is 0. The van der Waals surface area contributed by atoms with Gasteiger partial charge in [-0.3, -0.25) is 4.79 Å². The predicted molar refractivity (Wildman–Crippen MR) is 82.8 cm³/mol. The van der Waals surface area contributed by atoms with Gasteiger partial charge in [-0.1, -0.05) is 37.4 Å². The Labute approximate surface area is 125 Å². The Kier molecular flexibility index (Phi) is 3.32. The van der Waals surface area contributed by atoms with Crippen molar-refractivity contribution < 1.29 is 4.79 Å². The van der Waals surface area contributed by atoms with E-state index in [0.717, 1.165) is 42.3 Å². The second-order valence-corrected chi connectivity index (χ2v) is 8.56. The molecule has 1 heterocycles. The average molecular weight is 292 g/mol. The third-order valence-corrected chi connectivity index (χ3v) is 7.41. The van der Waals surface area contributed by atoms with Gasteiger partial charge in [0.05, 0.1) is 0 Å². The van der Waals surface area contributed by atoms with Gasteiger partial charge in [-0.15, -0.1) is 0 Å². The third kappa shape index (κ3) is 2.20. The zero-order chi connectivity index (χ0) is 13.6. The molecule has 2 bridgehead atoms. The monoisotopic (exact) mass is 292 g/mol. The fraction of sp³-hybridized carbons (Fsp3) is 0.875. The molecular formula is C16H24N2OS. The molecule has 0 saturated heterocycles. The van der Waals surface area contributed by atoms with Gasteiger partial charge in [0.1, 0.15) is 4.75 Å². The van der Waals surface area contributed by atoms with Crippen molar-refractivity contribution >= 4 is 22.8 Å². The van der Waals surface area contributed by atoms with E-state index in [1.165, 1.54) is 44.9 Å². The topological polar surface area (TPSA) is 41.5 Å². The molecule has 0 aromatic heterocycles. The van der Waals surface area contributed by atoms with Gasteiger partial charge < -0.3 is 5.32 Å². The van der Waals surface area contributed by atoms with Gasteiger partial charge >= 0.3 is 0 Å².